The third-order valence-corrected chi connectivity index (χ3v) is 5.21. The van der Waals surface area contributed by atoms with Crippen molar-refractivity contribution in [2.24, 2.45) is 0 Å². The number of benzene rings is 1. The summed E-state index contributed by atoms with van der Waals surface area (Å²) in [5.74, 6) is 0. The lowest BCUT2D eigenvalue weighted by atomic mass is 10.2. The van der Waals surface area contributed by atoms with Gasteiger partial charge in [-0.25, -0.2) is 12.7 Å². The summed E-state index contributed by atoms with van der Waals surface area (Å²) in [7, 11) is -0.389. The highest BCUT2D eigenvalue weighted by atomic mass is 32.2. The van der Waals surface area contributed by atoms with E-state index in [1.54, 1.807) is 24.3 Å². The van der Waals surface area contributed by atoms with Gasteiger partial charge in [-0.1, -0.05) is 0 Å². The number of sulfonamides is 1. The van der Waals surface area contributed by atoms with Crippen LogP contribution in [0.4, 0.5) is 5.69 Å². The second kappa shape index (κ2) is 6.09. The van der Waals surface area contributed by atoms with Crippen LogP contribution in [0.1, 0.15) is 0 Å². The molecular formula is C13H20N2O4S. The molecule has 2 rings (SSSR count). The fourth-order valence-electron chi connectivity index (χ4n) is 2.17. The molecule has 0 radical (unpaired) electrons. The Morgan fingerprint density at radius 2 is 2.00 bits per heavy atom. The predicted molar refractivity (Wildman–Crippen MR) is 76.4 cm³/mol. The van der Waals surface area contributed by atoms with E-state index in [2.05, 4.69) is 0 Å². The largest absolute Gasteiger partial charge is 0.394 e. The van der Waals surface area contributed by atoms with Gasteiger partial charge < -0.3 is 14.7 Å². The summed E-state index contributed by atoms with van der Waals surface area (Å²) in [5.41, 5.74) is 0.894. The van der Waals surface area contributed by atoms with Crippen LogP contribution in [0, 0.1) is 0 Å². The minimum absolute atomic E-state index is 0.0117. The van der Waals surface area contributed by atoms with Crippen LogP contribution in [0.5, 0.6) is 0 Å². The monoisotopic (exact) mass is 300 g/mol. The van der Waals surface area contributed by atoms with E-state index >= 15 is 0 Å². The normalized spacial score (nSPS) is 20.4. The third-order valence-electron chi connectivity index (χ3n) is 3.39. The molecule has 0 amide bonds. The average Bonchev–Trinajstić information content (AvgIpc) is 2.47. The van der Waals surface area contributed by atoms with Crippen molar-refractivity contribution in [3.8, 4) is 0 Å². The fraction of sp³-hybridized carbons (Fsp3) is 0.538. The molecule has 6 nitrogen and oxygen atoms in total. The highest BCUT2D eigenvalue weighted by Crippen LogP contribution is 2.22. The zero-order chi connectivity index (χ0) is 14.8. The van der Waals surface area contributed by atoms with Crippen molar-refractivity contribution in [2.45, 2.75) is 10.9 Å². The van der Waals surface area contributed by atoms with E-state index in [-0.39, 0.29) is 17.5 Å². The van der Waals surface area contributed by atoms with E-state index in [4.69, 9.17) is 4.74 Å². The van der Waals surface area contributed by atoms with Crippen LogP contribution in [0.15, 0.2) is 29.2 Å². The Morgan fingerprint density at radius 3 is 2.55 bits per heavy atom. The second-order valence-corrected chi connectivity index (χ2v) is 7.04. The highest BCUT2D eigenvalue weighted by Gasteiger charge is 2.23. The smallest absolute Gasteiger partial charge is 0.242 e. The summed E-state index contributed by atoms with van der Waals surface area (Å²) in [4.78, 5) is 2.30. The second-order valence-electron chi connectivity index (χ2n) is 4.89. The van der Waals surface area contributed by atoms with Gasteiger partial charge in [-0.3, -0.25) is 0 Å². The first-order chi connectivity index (χ1) is 9.46. The molecule has 1 fully saturated rings. The number of morpholine rings is 1. The van der Waals surface area contributed by atoms with Gasteiger partial charge >= 0.3 is 0 Å². The molecule has 0 spiro atoms. The Labute approximate surface area is 119 Å². The Balaban J connectivity index is 2.24. The van der Waals surface area contributed by atoms with Crippen LogP contribution in [0.2, 0.25) is 0 Å². The maximum Gasteiger partial charge on any atom is 0.242 e. The Hall–Kier alpha value is -1.15. The molecule has 0 saturated carbocycles. The molecule has 0 aliphatic carbocycles. The van der Waals surface area contributed by atoms with Crippen LogP contribution < -0.4 is 4.90 Å². The Kier molecular flexibility index (Phi) is 4.64. The van der Waals surface area contributed by atoms with Crippen molar-refractivity contribution in [3.63, 3.8) is 0 Å². The first kappa shape index (κ1) is 15.2. The van der Waals surface area contributed by atoms with E-state index in [0.29, 0.717) is 19.8 Å². The summed E-state index contributed by atoms with van der Waals surface area (Å²) >= 11 is 0. The van der Waals surface area contributed by atoms with Crippen molar-refractivity contribution < 1.29 is 18.3 Å². The molecule has 112 valence electrons. The molecule has 20 heavy (non-hydrogen) atoms. The first-order valence-corrected chi connectivity index (χ1v) is 7.88. The topological polar surface area (TPSA) is 70.1 Å². The third kappa shape index (κ3) is 2.95. The summed E-state index contributed by atoms with van der Waals surface area (Å²) in [5, 5.41) is 9.36. The van der Waals surface area contributed by atoms with Gasteiger partial charge in [0.1, 0.15) is 0 Å². The lowest BCUT2D eigenvalue weighted by Crippen LogP contribution is -2.47. The minimum atomic E-state index is -3.40. The van der Waals surface area contributed by atoms with Gasteiger partial charge in [0.2, 0.25) is 10.0 Å². The van der Waals surface area contributed by atoms with Gasteiger partial charge in [0.05, 0.1) is 30.8 Å². The highest BCUT2D eigenvalue weighted by molar-refractivity contribution is 7.89. The molecule has 1 saturated heterocycles. The molecule has 1 aliphatic rings. The molecule has 1 aliphatic heterocycles. The molecule has 1 N–H and O–H groups in total. The van der Waals surface area contributed by atoms with Crippen molar-refractivity contribution in [1.29, 1.82) is 0 Å². The van der Waals surface area contributed by atoms with Crippen molar-refractivity contribution in [3.05, 3.63) is 24.3 Å². The van der Waals surface area contributed by atoms with Crippen LogP contribution in [-0.2, 0) is 14.8 Å². The van der Waals surface area contributed by atoms with Crippen molar-refractivity contribution >= 4 is 15.7 Å². The lowest BCUT2D eigenvalue weighted by Gasteiger charge is -2.36. The zero-order valence-electron chi connectivity index (χ0n) is 11.7. The van der Waals surface area contributed by atoms with E-state index in [0.717, 1.165) is 5.69 Å². The van der Waals surface area contributed by atoms with Crippen molar-refractivity contribution in [2.75, 3.05) is 45.4 Å². The van der Waals surface area contributed by atoms with E-state index in [9.17, 15) is 13.5 Å². The average molecular weight is 300 g/mol. The quantitative estimate of drug-likeness (QED) is 0.856. The molecule has 1 aromatic carbocycles. The van der Waals surface area contributed by atoms with Gasteiger partial charge in [-0.2, -0.15) is 0 Å². The van der Waals surface area contributed by atoms with Gasteiger partial charge in [0.15, 0.2) is 0 Å². The zero-order valence-corrected chi connectivity index (χ0v) is 12.5. The van der Waals surface area contributed by atoms with Gasteiger partial charge in [0, 0.05) is 26.3 Å². The summed E-state index contributed by atoms with van der Waals surface area (Å²) in [6, 6.07) is 6.64. The minimum Gasteiger partial charge on any atom is -0.394 e. The molecular weight excluding hydrogens is 280 g/mol. The maximum absolute atomic E-state index is 12.0. The SMILES string of the molecule is CN(C)S(=O)(=O)c1ccc(N2CCOCC2CO)cc1. The van der Waals surface area contributed by atoms with Crippen LogP contribution in [-0.4, -0.2) is 64.3 Å². The van der Waals surface area contributed by atoms with Gasteiger partial charge in [-0.15, -0.1) is 0 Å². The number of hydrogen-bond donors (Lipinski definition) is 1. The van der Waals surface area contributed by atoms with E-state index in [1.807, 2.05) is 4.90 Å². The number of aliphatic hydroxyl groups is 1. The van der Waals surface area contributed by atoms with Gasteiger partial charge in [-0.05, 0) is 24.3 Å². The number of anilines is 1. The lowest BCUT2D eigenvalue weighted by molar-refractivity contribution is 0.0727. The van der Waals surface area contributed by atoms with E-state index < -0.39 is 10.0 Å². The first-order valence-electron chi connectivity index (χ1n) is 6.44. The summed E-state index contributed by atoms with van der Waals surface area (Å²) in [6.45, 7) is 1.78. The number of hydrogen-bond acceptors (Lipinski definition) is 5. The number of nitrogens with zero attached hydrogens (tertiary/aromatic N) is 2. The van der Waals surface area contributed by atoms with Gasteiger partial charge in [0.25, 0.3) is 0 Å². The Morgan fingerprint density at radius 1 is 1.35 bits per heavy atom. The number of ether oxygens (including phenoxy) is 1. The summed E-state index contributed by atoms with van der Waals surface area (Å²) < 4.78 is 30.5. The molecule has 0 aromatic heterocycles. The Bertz CT molecular complexity index is 542. The molecule has 1 unspecified atom stereocenters. The summed E-state index contributed by atoms with van der Waals surface area (Å²) in [6.07, 6.45) is 0. The number of aliphatic hydroxyl groups excluding tert-OH is 1. The van der Waals surface area contributed by atoms with Crippen LogP contribution >= 0.6 is 0 Å². The maximum atomic E-state index is 12.0. The van der Waals surface area contributed by atoms with Crippen molar-refractivity contribution in [1.82, 2.24) is 4.31 Å². The number of rotatable bonds is 4. The molecule has 7 heteroatoms. The molecule has 0 bridgehead atoms. The molecule has 1 atom stereocenters. The van der Waals surface area contributed by atoms with E-state index in [1.165, 1.54) is 18.4 Å². The molecule has 1 heterocycles. The standard InChI is InChI=1S/C13H20N2O4S/c1-14(2)20(17,18)13-5-3-11(4-6-13)15-7-8-19-10-12(15)9-16/h3-6,12,16H,7-10H2,1-2H3. The van der Waals surface area contributed by atoms with Crippen LogP contribution in [0.25, 0.3) is 0 Å². The predicted octanol–water partition coefficient (Wildman–Crippen LogP) is 0.134. The molecule has 1 aromatic rings. The fourth-order valence-corrected chi connectivity index (χ4v) is 3.07. The van der Waals surface area contributed by atoms with Crippen LogP contribution in [0.3, 0.4) is 0 Å².